The molecule has 4 aliphatic heterocycles. The van der Waals surface area contributed by atoms with Gasteiger partial charge in [0.2, 0.25) is 11.8 Å². The Bertz CT molecular complexity index is 3810. The van der Waals surface area contributed by atoms with Crippen LogP contribution < -0.4 is 18.9 Å². The molecule has 0 aromatic heterocycles. The first-order valence-corrected chi connectivity index (χ1v) is 29.8. The SMILES string of the molecule is Cc1ccc(Oc2cc3c4c(cc(Oc5ccc(C)cc5)c5c6c(Oc7ccc(C)cc7)cc7c8c(cc(Oc9ccc(C)cc9)c(c2c45)c86)C(=O)N(C(C)C(=O)N2CCN(CCO)CC2)C7=O)C(=O)N(C(C)C(=O)N2CCN(CCO)CC2)C3=O)cc1. The van der Waals surface area contributed by atoms with Crippen LogP contribution in [0.25, 0.3) is 43.1 Å². The van der Waals surface area contributed by atoms with Gasteiger partial charge in [0.25, 0.3) is 23.6 Å². The van der Waals surface area contributed by atoms with Crippen molar-refractivity contribution >= 4 is 78.5 Å². The second-order valence-corrected chi connectivity index (χ2v) is 23.4. The van der Waals surface area contributed by atoms with Crippen LogP contribution in [-0.4, -0.2) is 166 Å². The van der Waals surface area contributed by atoms with Crippen LogP contribution in [0.5, 0.6) is 46.0 Å². The number of imide groups is 2. The topological polar surface area (TPSA) is 199 Å². The highest BCUT2D eigenvalue weighted by molar-refractivity contribution is 6.45. The maximum absolute atomic E-state index is 15.8. The van der Waals surface area contributed by atoms with Crippen molar-refractivity contribution < 1.29 is 57.9 Å². The number of benzene rings is 9. The Hall–Kier alpha value is -9.46. The fraction of sp³-hybridized carbons (Fsp3) is 0.286. The number of β-amino-alcohol motifs (C(OH)–C–C–N with tert-alkyl or cyclic N) is 2. The normalized spacial score (nSPS) is 16.4. The minimum atomic E-state index is -1.27. The van der Waals surface area contributed by atoms with E-state index in [2.05, 4.69) is 0 Å². The number of hydrogen-bond acceptors (Lipinski definition) is 14. The number of amides is 6. The Balaban J connectivity index is 1.14. The number of aryl methyl sites for hydroxylation is 4. The third-order valence-electron chi connectivity index (χ3n) is 17.6. The number of nitrogens with zero attached hydrogens (tertiary/aromatic N) is 6. The molecular weight excluding hydrogens is 1120 g/mol. The first kappa shape index (κ1) is 57.6. The Kier molecular flexibility index (Phi) is 15.1. The van der Waals surface area contributed by atoms with Crippen LogP contribution >= 0.6 is 0 Å². The summed E-state index contributed by atoms with van der Waals surface area (Å²) >= 11 is 0. The molecule has 2 saturated heterocycles. The van der Waals surface area contributed by atoms with Crippen molar-refractivity contribution in [2.24, 2.45) is 0 Å². The molecule has 9 aromatic carbocycles. The van der Waals surface area contributed by atoms with Gasteiger partial charge in [0.15, 0.2) is 0 Å². The van der Waals surface area contributed by atoms with E-state index in [-0.39, 0.29) is 69.2 Å². The van der Waals surface area contributed by atoms with Crippen molar-refractivity contribution in [3.63, 3.8) is 0 Å². The van der Waals surface area contributed by atoms with E-state index >= 15 is 19.2 Å². The molecule has 0 saturated carbocycles. The van der Waals surface area contributed by atoms with Gasteiger partial charge < -0.3 is 39.0 Å². The van der Waals surface area contributed by atoms with E-state index in [4.69, 9.17) is 18.9 Å². The summed E-state index contributed by atoms with van der Waals surface area (Å²) in [4.78, 5) is 102. The predicted octanol–water partition coefficient (Wildman–Crippen LogP) is 10.4. The van der Waals surface area contributed by atoms with Gasteiger partial charge in [-0.1, -0.05) is 70.8 Å². The number of piperazine rings is 2. The largest absolute Gasteiger partial charge is 0.457 e. The number of ether oxygens (including phenoxy) is 4. The van der Waals surface area contributed by atoms with Gasteiger partial charge in [-0.05, 0) is 114 Å². The summed E-state index contributed by atoms with van der Waals surface area (Å²) in [5, 5.41) is 21.7. The summed E-state index contributed by atoms with van der Waals surface area (Å²) in [6.45, 7) is 15.1. The number of rotatable bonds is 16. The molecule has 2 fully saturated rings. The van der Waals surface area contributed by atoms with Crippen molar-refractivity contribution in [1.29, 1.82) is 0 Å². The number of carbonyl (C=O) groups is 6. The van der Waals surface area contributed by atoms with Gasteiger partial charge in [-0.25, -0.2) is 0 Å². The van der Waals surface area contributed by atoms with Gasteiger partial charge in [0, 0.05) is 109 Å². The first-order chi connectivity index (χ1) is 42.5. The van der Waals surface area contributed by atoms with E-state index in [1.54, 1.807) is 96.4 Å². The maximum Gasteiger partial charge on any atom is 0.262 e. The van der Waals surface area contributed by atoms with Crippen molar-refractivity contribution in [3.8, 4) is 46.0 Å². The zero-order valence-electron chi connectivity index (χ0n) is 49.8. The fourth-order valence-electron chi connectivity index (χ4n) is 12.9. The number of fused-ring (bicyclic) bond motifs is 2. The lowest BCUT2D eigenvalue weighted by molar-refractivity contribution is -0.137. The number of aliphatic hydroxyl groups excluding tert-OH is 2. The lowest BCUT2D eigenvalue weighted by atomic mass is 9.80. The summed E-state index contributed by atoms with van der Waals surface area (Å²) in [7, 11) is 0. The molecule has 0 spiro atoms. The molecule has 2 atom stereocenters. The van der Waals surface area contributed by atoms with Crippen LogP contribution in [0.15, 0.2) is 121 Å². The van der Waals surface area contributed by atoms with E-state index in [0.717, 1.165) is 32.1 Å². The Morgan fingerprint density at radius 2 is 0.614 bits per heavy atom. The molecule has 9 aromatic rings. The summed E-state index contributed by atoms with van der Waals surface area (Å²) < 4.78 is 28.4. The van der Waals surface area contributed by atoms with E-state index in [9.17, 15) is 19.8 Å². The highest BCUT2D eigenvalue weighted by atomic mass is 16.5. The summed E-state index contributed by atoms with van der Waals surface area (Å²) in [6.07, 6.45) is 0. The van der Waals surface area contributed by atoms with Gasteiger partial charge in [-0.2, -0.15) is 0 Å². The van der Waals surface area contributed by atoms with E-state index < -0.39 is 47.5 Å². The third kappa shape index (κ3) is 10.0. The number of hydrogen-bond donors (Lipinski definition) is 2. The highest BCUT2D eigenvalue weighted by Crippen LogP contribution is 2.58. The van der Waals surface area contributed by atoms with Crippen molar-refractivity contribution in [3.05, 3.63) is 166 Å². The molecule has 448 valence electrons. The molecular formula is C70H66N6O12. The third-order valence-corrected chi connectivity index (χ3v) is 17.6. The Labute approximate surface area is 507 Å². The van der Waals surface area contributed by atoms with E-state index in [1.807, 2.05) is 86.0 Å². The molecule has 0 bridgehead atoms. The van der Waals surface area contributed by atoms with Crippen LogP contribution in [0, 0.1) is 27.7 Å². The second-order valence-electron chi connectivity index (χ2n) is 23.4. The van der Waals surface area contributed by atoms with Crippen molar-refractivity contribution in [1.82, 2.24) is 29.4 Å². The molecule has 88 heavy (non-hydrogen) atoms. The van der Waals surface area contributed by atoms with Crippen LogP contribution in [0.2, 0.25) is 0 Å². The molecule has 2 unspecified atom stereocenters. The number of carbonyl (C=O) groups excluding carboxylic acids is 6. The smallest absolute Gasteiger partial charge is 0.262 e. The van der Waals surface area contributed by atoms with Crippen LogP contribution in [0.4, 0.5) is 0 Å². The molecule has 4 aliphatic rings. The first-order valence-electron chi connectivity index (χ1n) is 29.8. The monoisotopic (exact) mass is 1180 g/mol. The fourth-order valence-corrected chi connectivity index (χ4v) is 12.9. The Morgan fingerprint density at radius 3 is 0.841 bits per heavy atom. The average Bonchev–Trinajstić information content (AvgIpc) is 0.683. The van der Waals surface area contributed by atoms with Gasteiger partial charge >= 0.3 is 0 Å². The minimum Gasteiger partial charge on any atom is -0.457 e. The predicted molar refractivity (Wildman–Crippen MR) is 333 cm³/mol. The van der Waals surface area contributed by atoms with E-state index in [1.165, 1.54) is 0 Å². The molecule has 13 rings (SSSR count). The zero-order chi connectivity index (χ0) is 61.4. The molecule has 18 heteroatoms. The van der Waals surface area contributed by atoms with Crippen LogP contribution in [0.1, 0.15) is 77.5 Å². The van der Waals surface area contributed by atoms with Crippen LogP contribution in [0.3, 0.4) is 0 Å². The van der Waals surface area contributed by atoms with Crippen molar-refractivity contribution in [2.45, 2.75) is 53.6 Å². The molecule has 18 nitrogen and oxygen atoms in total. The highest BCUT2D eigenvalue weighted by Gasteiger charge is 2.46. The number of aliphatic hydroxyl groups is 2. The van der Waals surface area contributed by atoms with Crippen molar-refractivity contribution in [2.75, 3.05) is 78.7 Å². The molecule has 2 N–H and O–H groups in total. The lowest BCUT2D eigenvalue weighted by Crippen LogP contribution is -2.57. The molecule has 0 aliphatic carbocycles. The van der Waals surface area contributed by atoms with Gasteiger partial charge in [-0.3, -0.25) is 48.4 Å². The summed E-state index contributed by atoms with van der Waals surface area (Å²) in [6, 6.07) is 33.3. The van der Waals surface area contributed by atoms with Gasteiger partial charge in [-0.15, -0.1) is 0 Å². The van der Waals surface area contributed by atoms with Crippen LogP contribution in [-0.2, 0) is 9.59 Å². The maximum atomic E-state index is 15.8. The van der Waals surface area contributed by atoms with Gasteiger partial charge in [0.1, 0.15) is 58.1 Å². The molecule has 6 amide bonds. The lowest BCUT2D eigenvalue weighted by Gasteiger charge is -2.39. The standard InChI is InChI=1S/C70H66N6O12/c1-39-7-15-45(16-8-39)85-53-35-49-57-50(68(82)75(67(49)81)43(5)65(79)73-27-23-71(24-28-73)31-33-77)37-55(87-47-19-11-41(3)12-20-47)61-62-56(88-48-21-13-42(4)14-22-48)38-52-58-51(36-54(60(64(58)62)59(53)63(57)61)86-46-17-9-40(2)10-18-46)69(83)76(70(52)84)44(6)66(80)74-29-25-72(26-30-74)32-34-78/h7-22,35-38,43-44,77-78H,23-34H2,1-6H3. The minimum absolute atomic E-state index is 0.0285. The quantitative estimate of drug-likeness (QED) is 0.0526. The zero-order valence-corrected chi connectivity index (χ0v) is 49.8. The molecule has 0 radical (unpaired) electrons. The second kappa shape index (κ2) is 23.0. The Morgan fingerprint density at radius 1 is 0.375 bits per heavy atom. The van der Waals surface area contributed by atoms with Gasteiger partial charge in [0.05, 0.1) is 35.5 Å². The molecule has 4 heterocycles. The summed E-state index contributed by atoms with van der Waals surface area (Å²) in [5.74, 6) is -1.78. The van der Waals surface area contributed by atoms with E-state index in [0.29, 0.717) is 121 Å². The average molecular weight is 1180 g/mol. The summed E-state index contributed by atoms with van der Waals surface area (Å²) in [5.41, 5.74) is 4.02.